The molecule has 0 spiro atoms. The van der Waals surface area contributed by atoms with E-state index in [1.165, 1.54) is 6.92 Å². The number of rotatable bonds is 1. The van der Waals surface area contributed by atoms with Crippen molar-refractivity contribution >= 4 is 5.78 Å². The average Bonchev–Trinajstić information content (AvgIpc) is 1.38. The molecule has 0 aromatic heterocycles. The number of carbonyl (C=O) groups is 1. The van der Waals surface area contributed by atoms with Crippen LogP contribution >= 0.6 is 0 Å². The molecule has 0 amide bonds. The van der Waals surface area contributed by atoms with E-state index in [9.17, 15) is 4.79 Å². The first kappa shape index (κ1) is 8.82. The van der Waals surface area contributed by atoms with Gasteiger partial charge in [0.1, 0.15) is 0 Å². The maximum atomic E-state index is 9.75. The molecular weight excluding hydrogens is 331 g/mol. The molecule has 0 aliphatic carbocycles. The zero-order valence-electron chi connectivity index (χ0n) is 4.03. The average molecular weight is 338 g/mol. The van der Waals surface area contributed by atoms with Crippen molar-refractivity contribution in [2.24, 2.45) is 0 Å². The minimum Gasteiger partial charge on any atom is -0.336 e. The molecule has 0 aromatic carbocycles. The number of hydrogen-bond donors (Lipinski definition) is 0. The van der Waals surface area contributed by atoms with Crippen molar-refractivity contribution < 1.29 is 4.79 Å². The molecule has 0 aromatic rings. The summed E-state index contributed by atoms with van der Waals surface area (Å²) in [5.41, 5.74) is 0. The first-order valence-electron chi connectivity index (χ1n) is 1.56. The Hall–Kier alpha value is -1.33. The third kappa shape index (κ3) is 16.6. The Balaban J connectivity index is 0. The second-order valence-corrected chi connectivity index (χ2v) is 0.952. The van der Waals surface area contributed by atoms with Crippen molar-refractivity contribution in [3.05, 3.63) is 6.92 Å². The summed E-state index contributed by atoms with van der Waals surface area (Å²) in [6, 6.07) is 0. The van der Waals surface area contributed by atoms with Gasteiger partial charge in [0.25, 0.3) is 0 Å². The molecule has 0 bridgehead atoms. The largest absolute Gasteiger partial charge is 0.336 e. The summed E-state index contributed by atoms with van der Waals surface area (Å²) in [7, 11) is 0. The van der Waals surface area contributed by atoms with E-state index in [-0.39, 0.29) is 5.78 Å². The van der Waals surface area contributed by atoms with Crippen molar-refractivity contribution in [2.75, 3.05) is 0 Å². The number of carbonyl (C=O) groups excluding carboxylic acids is 1. The molecule has 32 valence electrons. The van der Waals surface area contributed by atoms with E-state index in [0.29, 0.717) is 6.42 Å². The van der Waals surface area contributed by atoms with Crippen LogP contribution in [0.4, 0.5) is 0 Å². The fraction of sp³-hybridized carbons (Fsp3) is 0.500. The van der Waals surface area contributed by atoms with Crippen molar-refractivity contribution in [3.63, 3.8) is 0 Å². The molecule has 0 saturated heterocycles. The normalized spacial score (nSPS) is 6.33. The molecular formula is C4H7ORf-. The molecule has 1 nitrogen and oxygen atoms in total. The Morgan fingerprint density at radius 2 is 2.00 bits per heavy atom. The first-order chi connectivity index (χ1) is 2.27. The maximum absolute atomic E-state index is 9.75. The third-order valence-electron chi connectivity index (χ3n) is 0.352. The minimum absolute atomic E-state index is 0. The number of Topliss-reactive ketones (excluding diaryl/α,β-unsaturated/α-hetero) is 1. The molecule has 0 radical (unpaired) electrons. The summed E-state index contributed by atoms with van der Waals surface area (Å²) in [4.78, 5) is 9.75. The molecule has 0 N–H and O–H groups in total. The molecule has 6 heavy (non-hydrogen) atoms. The van der Waals surface area contributed by atoms with Crippen LogP contribution in [0.15, 0.2) is 0 Å². The molecule has 0 aliphatic heterocycles. The second-order valence-electron chi connectivity index (χ2n) is 0.952. The van der Waals surface area contributed by atoms with Crippen molar-refractivity contribution in [2.45, 2.75) is 13.3 Å². The van der Waals surface area contributed by atoms with Gasteiger partial charge in [0.05, 0.1) is 5.78 Å². The molecule has 0 fully saturated rings. The predicted octanol–water partition coefficient (Wildman–Crippen LogP) is 0.800. The summed E-state index contributed by atoms with van der Waals surface area (Å²) in [5.74, 6) is 0.144. The summed E-state index contributed by atoms with van der Waals surface area (Å²) in [5, 5.41) is 0. The van der Waals surface area contributed by atoms with Gasteiger partial charge in [0, 0.05) is 0 Å². The topological polar surface area (TPSA) is 17.1 Å². The molecule has 0 rings (SSSR count). The fourth-order valence-corrected chi connectivity index (χ4v) is 0. The van der Waals surface area contributed by atoms with Gasteiger partial charge < -0.3 is 11.7 Å². The zero-order valence-corrected chi connectivity index (χ0v) is 10.4. The van der Waals surface area contributed by atoms with Gasteiger partial charge in [-0.2, -0.15) is 0 Å². The number of ketones is 1. The number of hydrogen-bond acceptors (Lipinski definition) is 1. The van der Waals surface area contributed by atoms with Crippen LogP contribution in [0.25, 0.3) is 0 Å². The van der Waals surface area contributed by atoms with Gasteiger partial charge in [0.15, 0.2) is 0 Å². The van der Waals surface area contributed by atoms with Crippen molar-refractivity contribution in [3.8, 4) is 0 Å². The second kappa shape index (κ2) is 3.67. The van der Waals surface area contributed by atoms with E-state index < -0.39 is 0 Å². The van der Waals surface area contributed by atoms with E-state index >= 15 is 0 Å². The van der Waals surface area contributed by atoms with Gasteiger partial charge in [-0.3, -0.25) is 0 Å². The van der Waals surface area contributed by atoms with E-state index in [2.05, 4.69) is 6.92 Å². The van der Waals surface area contributed by atoms with Crippen LogP contribution < -0.4 is 0 Å². The molecule has 2 heteroatoms. The van der Waals surface area contributed by atoms with Crippen molar-refractivity contribution in [1.29, 1.82) is 0 Å². The zero-order chi connectivity index (χ0) is 4.28. The smallest absolute Gasteiger partial charge is 0.0998 e. The van der Waals surface area contributed by atoms with Crippen LogP contribution in [0.3, 0.4) is 0 Å². The predicted molar refractivity (Wildman–Crippen MR) is 20.7 cm³/mol. The van der Waals surface area contributed by atoms with Crippen LogP contribution in [-0.4, -0.2) is 5.78 Å². The van der Waals surface area contributed by atoms with Crippen LogP contribution in [0.2, 0.25) is 0 Å². The van der Waals surface area contributed by atoms with Crippen LogP contribution in [-0.2, 0) is 4.79 Å². The summed E-state index contributed by atoms with van der Waals surface area (Å²) >= 11 is 0. The minimum atomic E-state index is 0. The van der Waals surface area contributed by atoms with Crippen LogP contribution in [0.1, 0.15) is 13.3 Å². The van der Waals surface area contributed by atoms with E-state index in [1.54, 1.807) is 0 Å². The first-order valence-corrected chi connectivity index (χ1v) is 1.56. The Morgan fingerprint density at radius 3 is 2.00 bits per heavy atom. The summed E-state index contributed by atoms with van der Waals surface area (Å²) in [6.45, 7) is 4.86. The van der Waals surface area contributed by atoms with Crippen LogP contribution in [0, 0.1) is 6.92 Å². The maximum Gasteiger partial charge on any atom is 0.0998 e. The third-order valence-corrected chi connectivity index (χ3v) is 0.352. The van der Waals surface area contributed by atoms with Gasteiger partial charge in [-0.15, -0.1) is 6.42 Å². The summed E-state index contributed by atoms with van der Waals surface area (Å²) in [6.07, 6.45) is 0.417. The Labute approximate surface area is 32.0 Å². The fourth-order valence-electron chi connectivity index (χ4n) is 0. The molecule has 0 heterocycles. The Bertz CT molecular complexity index is 42.8. The molecule has 0 aliphatic rings. The quantitative estimate of drug-likeness (QED) is 0.647. The molecule has 0 unspecified atom stereocenters. The van der Waals surface area contributed by atoms with Gasteiger partial charge in [-0.1, -0.05) is 0 Å². The monoisotopic (exact) mass is 338 g/mol. The molecule has 0 saturated carbocycles. The Kier molecular flexibility index (Phi) is 5.40. The van der Waals surface area contributed by atoms with Gasteiger partial charge in [0.2, 0.25) is 0 Å². The van der Waals surface area contributed by atoms with E-state index in [1.807, 2.05) is 0 Å². The van der Waals surface area contributed by atoms with E-state index in [4.69, 9.17) is 0 Å². The van der Waals surface area contributed by atoms with Crippen LogP contribution in [0.5, 0.6) is 0 Å². The standard InChI is InChI=1S/C4H7O.Rf/c1-3-4(2)5;/h1,3H2,2H3;/q-1;. The van der Waals surface area contributed by atoms with E-state index in [0.717, 1.165) is 0 Å². The van der Waals surface area contributed by atoms with Gasteiger partial charge in [-0.05, 0) is 6.92 Å². The Morgan fingerprint density at radius 1 is 1.83 bits per heavy atom. The SMILES string of the molecule is [CH2-]CC(C)=O.[Rf]. The van der Waals surface area contributed by atoms with Gasteiger partial charge in [-0.25, -0.2) is 0 Å². The summed E-state index contributed by atoms with van der Waals surface area (Å²) < 4.78 is 0. The molecule has 0 atom stereocenters. The van der Waals surface area contributed by atoms with Crippen molar-refractivity contribution in [1.82, 2.24) is 0 Å². The van der Waals surface area contributed by atoms with Gasteiger partial charge >= 0.3 is 0 Å².